The Bertz CT molecular complexity index is 770. The van der Waals surface area contributed by atoms with Gasteiger partial charge in [-0.2, -0.15) is 5.10 Å². The van der Waals surface area contributed by atoms with Crippen molar-refractivity contribution in [3.05, 3.63) is 51.8 Å². The predicted octanol–water partition coefficient (Wildman–Crippen LogP) is 3.85. The van der Waals surface area contributed by atoms with Gasteiger partial charge in [-0.05, 0) is 32.0 Å². The van der Waals surface area contributed by atoms with E-state index in [2.05, 4.69) is 18.1 Å². The van der Waals surface area contributed by atoms with Crippen molar-refractivity contribution >= 4 is 28.0 Å². The molecule has 0 saturated heterocycles. The molecule has 0 unspecified atom stereocenters. The van der Waals surface area contributed by atoms with Crippen molar-refractivity contribution in [2.75, 3.05) is 0 Å². The molecule has 0 aliphatic carbocycles. The van der Waals surface area contributed by atoms with Gasteiger partial charge in [0, 0.05) is 16.8 Å². The first-order valence-electron chi connectivity index (χ1n) is 6.73. The van der Waals surface area contributed by atoms with Crippen LogP contribution in [-0.2, 0) is 13.0 Å². The van der Waals surface area contributed by atoms with E-state index in [9.17, 15) is 4.79 Å². The lowest BCUT2D eigenvalue weighted by Crippen LogP contribution is -2.03. The SMILES string of the molecule is CCn1nc(CC(=O)c2ccc(C)s2)c2ccccc21. The van der Waals surface area contributed by atoms with E-state index in [1.165, 1.54) is 0 Å². The van der Waals surface area contributed by atoms with Gasteiger partial charge in [0.15, 0.2) is 5.78 Å². The fourth-order valence-corrected chi connectivity index (χ4v) is 3.20. The summed E-state index contributed by atoms with van der Waals surface area (Å²) in [4.78, 5) is 14.3. The maximum Gasteiger partial charge on any atom is 0.178 e. The minimum atomic E-state index is 0.148. The van der Waals surface area contributed by atoms with Crippen molar-refractivity contribution in [2.45, 2.75) is 26.8 Å². The fraction of sp³-hybridized carbons (Fsp3) is 0.250. The largest absolute Gasteiger partial charge is 0.293 e. The Balaban J connectivity index is 1.97. The summed E-state index contributed by atoms with van der Waals surface area (Å²) in [6.07, 6.45) is 0.369. The molecule has 0 saturated carbocycles. The molecule has 0 atom stereocenters. The van der Waals surface area contributed by atoms with Crippen molar-refractivity contribution in [1.29, 1.82) is 0 Å². The Morgan fingerprint density at radius 2 is 2.05 bits per heavy atom. The minimum Gasteiger partial charge on any atom is -0.293 e. The van der Waals surface area contributed by atoms with Gasteiger partial charge in [0.2, 0.25) is 0 Å². The van der Waals surface area contributed by atoms with Crippen LogP contribution in [0.3, 0.4) is 0 Å². The minimum absolute atomic E-state index is 0.148. The summed E-state index contributed by atoms with van der Waals surface area (Å²) in [7, 11) is 0. The van der Waals surface area contributed by atoms with E-state index in [4.69, 9.17) is 0 Å². The zero-order valence-corrected chi connectivity index (χ0v) is 12.4. The van der Waals surface area contributed by atoms with Crippen LogP contribution in [0.25, 0.3) is 10.9 Å². The third kappa shape index (κ3) is 2.27. The highest BCUT2D eigenvalue weighted by atomic mass is 32.1. The first kappa shape index (κ1) is 13.1. The molecule has 0 fully saturated rings. The fourth-order valence-electron chi connectivity index (χ4n) is 2.39. The van der Waals surface area contributed by atoms with Gasteiger partial charge >= 0.3 is 0 Å². The van der Waals surface area contributed by atoms with Gasteiger partial charge in [0.05, 0.1) is 22.5 Å². The third-order valence-electron chi connectivity index (χ3n) is 3.38. The molecule has 0 aliphatic heterocycles. The standard InChI is InChI=1S/C16H16N2OS/c1-3-18-14-7-5-4-6-12(14)13(17-18)10-15(19)16-9-8-11(2)20-16/h4-9H,3,10H2,1-2H3. The number of para-hydroxylation sites is 1. The zero-order chi connectivity index (χ0) is 14.1. The maximum atomic E-state index is 12.3. The Morgan fingerprint density at radius 1 is 1.25 bits per heavy atom. The molecule has 0 N–H and O–H groups in total. The molecule has 0 aliphatic rings. The molecule has 0 amide bonds. The molecule has 0 bridgehead atoms. The van der Waals surface area contributed by atoms with Crippen molar-refractivity contribution in [1.82, 2.24) is 9.78 Å². The third-order valence-corrected chi connectivity index (χ3v) is 4.42. The summed E-state index contributed by atoms with van der Waals surface area (Å²) >= 11 is 1.55. The molecule has 3 aromatic rings. The van der Waals surface area contributed by atoms with Crippen LogP contribution < -0.4 is 0 Å². The van der Waals surface area contributed by atoms with Crippen LogP contribution in [0.5, 0.6) is 0 Å². The highest BCUT2D eigenvalue weighted by Gasteiger charge is 2.15. The van der Waals surface area contributed by atoms with Crippen LogP contribution in [0, 0.1) is 6.92 Å². The quantitative estimate of drug-likeness (QED) is 0.682. The van der Waals surface area contributed by atoms with Crippen molar-refractivity contribution in [3.63, 3.8) is 0 Å². The van der Waals surface area contributed by atoms with Crippen molar-refractivity contribution in [3.8, 4) is 0 Å². The van der Waals surface area contributed by atoms with E-state index >= 15 is 0 Å². The summed E-state index contributed by atoms with van der Waals surface area (Å²) < 4.78 is 1.96. The van der Waals surface area contributed by atoms with Crippen LogP contribution in [0.15, 0.2) is 36.4 Å². The number of aromatic nitrogens is 2. The molecule has 4 heteroatoms. The summed E-state index contributed by atoms with van der Waals surface area (Å²) in [6, 6.07) is 12.0. The van der Waals surface area contributed by atoms with Crippen LogP contribution in [0.4, 0.5) is 0 Å². The summed E-state index contributed by atoms with van der Waals surface area (Å²) in [5, 5.41) is 5.66. The van der Waals surface area contributed by atoms with E-state index in [0.29, 0.717) is 6.42 Å². The second-order valence-electron chi connectivity index (χ2n) is 4.79. The van der Waals surface area contributed by atoms with E-state index in [0.717, 1.165) is 32.9 Å². The number of hydrogen-bond acceptors (Lipinski definition) is 3. The second-order valence-corrected chi connectivity index (χ2v) is 6.08. The van der Waals surface area contributed by atoms with Crippen LogP contribution in [-0.4, -0.2) is 15.6 Å². The molecule has 0 radical (unpaired) electrons. The van der Waals surface area contributed by atoms with Crippen molar-refractivity contribution in [2.24, 2.45) is 0 Å². The van der Waals surface area contributed by atoms with Gasteiger partial charge in [0.1, 0.15) is 0 Å². The number of nitrogens with zero attached hydrogens (tertiary/aromatic N) is 2. The Morgan fingerprint density at radius 3 is 2.75 bits per heavy atom. The van der Waals surface area contributed by atoms with Crippen LogP contribution in [0.1, 0.15) is 27.2 Å². The predicted molar refractivity (Wildman–Crippen MR) is 82.5 cm³/mol. The van der Waals surface area contributed by atoms with E-state index in [-0.39, 0.29) is 5.78 Å². The number of Topliss-reactive ketones (excluding diaryl/α,β-unsaturated/α-hetero) is 1. The lowest BCUT2D eigenvalue weighted by molar-refractivity contribution is 0.0996. The van der Waals surface area contributed by atoms with Gasteiger partial charge in [-0.1, -0.05) is 18.2 Å². The second kappa shape index (κ2) is 5.21. The van der Waals surface area contributed by atoms with Gasteiger partial charge in [-0.15, -0.1) is 11.3 Å². The Kier molecular flexibility index (Phi) is 3.40. The molecule has 2 aromatic heterocycles. The molecule has 1 aromatic carbocycles. The molecule has 2 heterocycles. The Labute approximate surface area is 121 Å². The topological polar surface area (TPSA) is 34.9 Å². The number of aryl methyl sites for hydroxylation is 2. The number of ketones is 1. The molecule has 3 rings (SSSR count). The first-order valence-corrected chi connectivity index (χ1v) is 7.54. The Hall–Kier alpha value is -1.94. The zero-order valence-electron chi connectivity index (χ0n) is 11.6. The van der Waals surface area contributed by atoms with Crippen LogP contribution in [0.2, 0.25) is 0 Å². The van der Waals surface area contributed by atoms with Gasteiger partial charge in [-0.3, -0.25) is 9.48 Å². The van der Waals surface area contributed by atoms with Gasteiger partial charge in [-0.25, -0.2) is 0 Å². The molecule has 3 nitrogen and oxygen atoms in total. The van der Waals surface area contributed by atoms with Crippen molar-refractivity contribution < 1.29 is 4.79 Å². The van der Waals surface area contributed by atoms with Gasteiger partial charge in [0.25, 0.3) is 0 Å². The highest BCUT2D eigenvalue weighted by molar-refractivity contribution is 7.14. The molecule has 20 heavy (non-hydrogen) atoms. The van der Waals surface area contributed by atoms with E-state index < -0.39 is 0 Å². The first-order chi connectivity index (χ1) is 9.69. The molecule has 102 valence electrons. The summed E-state index contributed by atoms with van der Waals surface area (Å²) in [5.41, 5.74) is 1.97. The highest BCUT2D eigenvalue weighted by Crippen LogP contribution is 2.22. The molecular formula is C16H16N2OS. The monoisotopic (exact) mass is 284 g/mol. The summed E-state index contributed by atoms with van der Waals surface area (Å²) in [6.45, 7) is 4.89. The number of carbonyl (C=O) groups excluding carboxylic acids is 1. The van der Waals surface area contributed by atoms with E-state index in [1.54, 1.807) is 11.3 Å². The number of carbonyl (C=O) groups is 1. The maximum absolute atomic E-state index is 12.3. The lowest BCUT2D eigenvalue weighted by atomic mass is 10.1. The van der Waals surface area contributed by atoms with E-state index in [1.807, 2.05) is 41.9 Å². The van der Waals surface area contributed by atoms with Gasteiger partial charge < -0.3 is 0 Å². The summed E-state index contributed by atoms with van der Waals surface area (Å²) in [5.74, 6) is 0.148. The number of benzene rings is 1. The average molecular weight is 284 g/mol. The normalized spacial score (nSPS) is 11.1. The number of rotatable bonds is 4. The number of thiophene rings is 1. The number of fused-ring (bicyclic) bond motifs is 1. The molecule has 0 spiro atoms. The molecular weight excluding hydrogens is 268 g/mol. The van der Waals surface area contributed by atoms with Crippen LogP contribution >= 0.6 is 11.3 Å². The number of hydrogen-bond donors (Lipinski definition) is 0. The average Bonchev–Trinajstić information content (AvgIpc) is 3.03. The smallest absolute Gasteiger partial charge is 0.178 e. The lowest BCUT2D eigenvalue weighted by Gasteiger charge is -1.96.